The lowest BCUT2D eigenvalue weighted by molar-refractivity contribution is 0.234. The van der Waals surface area contributed by atoms with Crippen LogP contribution in [0.5, 0.6) is 5.88 Å². The zero-order valence-electron chi connectivity index (χ0n) is 12.1. The number of nitrogen functional groups attached to an aromatic ring is 1. The molecule has 0 radical (unpaired) electrons. The fraction of sp³-hybridized carbons (Fsp3) is 0.429. The molecule has 1 atom stereocenters. The molecule has 0 saturated carbocycles. The number of hydrogen-bond acceptors (Lipinski definition) is 5. The van der Waals surface area contributed by atoms with Crippen LogP contribution in [0.4, 0.5) is 11.5 Å². The van der Waals surface area contributed by atoms with Gasteiger partial charge in [0.2, 0.25) is 5.88 Å². The summed E-state index contributed by atoms with van der Waals surface area (Å²) in [5.74, 6) is 1.21. The number of hydrogen-bond donors (Lipinski definition) is 2. The largest absolute Gasteiger partial charge is 0.473 e. The van der Waals surface area contributed by atoms with Crippen molar-refractivity contribution in [1.82, 2.24) is 14.8 Å². The molecule has 20 heavy (non-hydrogen) atoms. The van der Waals surface area contributed by atoms with Crippen molar-refractivity contribution < 1.29 is 4.74 Å². The van der Waals surface area contributed by atoms with Gasteiger partial charge >= 0.3 is 0 Å². The van der Waals surface area contributed by atoms with Crippen LogP contribution >= 0.6 is 0 Å². The summed E-state index contributed by atoms with van der Waals surface area (Å²) in [7, 11) is 0. The molecule has 0 amide bonds. The van der Waals surface area contributed by atoms with Gasteiger partial charge in [0.1, 0.15) is 5.82 Å². The third-order valence-corrected chi connectivity index (χ3v) is 2.65. The molecule has 2 rings (SSSR count). The highest BCUT2D eigenvalue weighted by atomic mass is 16.5. The summed E-state index contributed by atoms with van der Waals surface area (Å²) in [6, 6.07) is 5.75. The summed E-state index contributed by atoms with van der Waals surface area (Å²) in [6.45, 7) is 6.73. The van der Waals surface area contributed by atoms with Crippen LogP contribution < -0.4 is 15.8 Å². The van der Waals surface area contributed by atoms with E-state index < -0.39 is 0 Å². The zero-order chi connectivity index (χ0) is 14.5. The van der Waals surface area contributed by atoms with Crippen molar-refractivity contribution in [3.05, 3.63) is 30.6 Å². The number of pyridine rings is 1. The first-order chi connectivity index (χ1) is 9.54. The average Bonchev–Trinajstić information content (AvgIpc) is 2.85. The summed E-state index contributed by atoms with van der Waals surface area (Å²) < 4.78 is 7.45. The van der Waals surface area contributed by atoms with Crippen LogP contribution in [0, 0.1) is 0 Å². The van der Waals surface area contributed by atoms with Gasteiger partial charge in [0.05, 0.1) is 18.3 Å². The minimum atomic E-state index is 0.0431. The Hall–Kier alpha value is -2.24. The smallest absolute Gasteiger partial charge is 0.239 e. The molecular formula is C14H21N5O. The summed E-state index contributed by atoms with van der Waals surface area (Å²) in [5.41, 5.74) is 6.39. The minimum Gasteiger partial charge on any atom is -0.473 e. The van der Waals surface area contributed by atoms with Gasteiger partial charge in [-0.2, -0.15) is 10.1 Å². The molecule has 0 fully saturated rings. The maximum Gasteiger partial charge on any atom is 0.239 e. The maximum atomic E-state index is 5.85. The highest BCUT2D eigenvalue weighted by Gasteiger charge is 2.09. The number of aromatic nitrogens is 3. The molecule has 0 bridgehead atoms. The Morgan fingerprint density at radius 2 is 2.15 bits per heavy atom. The van der Waals surface area contributed by atoms with Gasteiger partial charge in [0, 0.05) is 18.4 Å². The number of nitrogens with two attached hydrogens (primary N) is 1. The number of nitrogens with one attached hydrogen (secondary N) is 1. The molecule has 2 heterocycles. The van der Waals surface area contributed by atoms with Gasteiger partial charge in [0.25, 0.3) is 0 Å². The number of anilines is 2. The van der Waals surface area contributed by atoms with E-state index in [0.717, 1.165) is 12.4 Å². The van der Waals surface area contributed by atoms with Crippen molar-refractivity contribution in [3.63, 3.8) is 0 Å². The normalized spacial score (nSPS) is 12.4. The third-order valence-electron chi connectivity index (χ3n) is 2.65. The first-order valence-corrected chi connectivity index (χ1v) is 6.71. The van der Waals surface area contributed by atoms with Crippen LogP contribution in [-0.4, -0.2) is 26.9 Å². The van der Waals surface area contributed by atoms with E-state index in [0.29, 0.717) is 11.6 Å². The third kappa shape index (κ3) is 3.88. The first kappa shape index (κ1) is 14.2. The Labute approximate surface area is 119 Å². The molecule has 0 aliphatic carbocycles. The number of rotatable bonds is 6. The molecule has 0 aromatic carbocycles. The van der Waals surface area contributed by atoms with Crippen LogP contribution in [0.15, 0.2) is 30.6 Å². The highest BCUT2D eigenvalue weighted by Crippen LogP contribution is 2.22. The molecule has 1 unspecified atom stereocenters. The standard InChI is InChI=1S/C14H21N5O/c1-10(2)20-14-12(15)5-6-13(18-14)17-11(3)9-19-8-4-7-16-19/h4-8,10-11H,9,15H2,1-3H3,(H,17,18). The lowest BCUT2D eigenvalue weighted by atomic mass is 10.3. The molecular weight excluding hydrogens is 254 g/mol. The van der Waals surface area contributed by atoms with Gasteiger partial charge in [-0.25, -0.2) is 0 Å². The molecule has 3 N–H and O–H groups in total. The van der Waals surface area contributed by atoms with Crippen molar-refractivity contribution in [3.8, 4) is 5.88 Å². The molecule has 0 saturated heterocycles. The van der Waals surface area contributed by atoms with E-state index in [1.807, 2.05) is 36.9 Å². The average molecular weight is 275 g/mol. The predicted molar refractivity (Wildman–Crippen MR) is 79.7 cm³/mol. The van der Waals surface area contributed by atoms with Crippen molar-refractivity contribution in [2.24, 2.45) is 0 Å². The monoisotopic (exact) mass is 275 g/mol. The van der Waals surface area contributed by atoms with Crippen LogP contribution in [0.2, 0.25) is 0 Å². The molecule has 0 spiro atoms. The van der Waals surface area contributed by atoms with E-state index in [4.69, 9.17) is 10.5 Å². The predicted octanol–water partition coefficient (Wildman–Crippen LogP) is 2.15. The second kappa shape index (κ2) is 6.27. The topological polar surface area (TPSA) is 78.0 Å². The second-order valence-electron chi connectivity index (χ2n) is 5.03. The molecule has 2 aromatic heterocycles. The SMILES string of the molecule is CC(Cn1cccn1)Nc1ccc(N)c(OC(C)C)n1. The highest BCUT2D eigenvalue weighted by molar-refractivity contribution is 5.53. The quantitative estimate of drug-likeness (QED) is 0.844. The second-order valence-corrected chi connectivity index (χ2v) is 5.03. The lowest BCUT2D eigenvalue weighted by Crippen LogP contribution is -2.23. The van der Waals surface area contributed by atoms with E-state index in [2.05, 4.69) is 22.3 Å². The van der Waals surface area contributed by atoms with Gasteiger partial charge in [-0.3, -0.25) is 4.68 Å². The van der Waals surface area contributed by atoms with E-state index in [-0.39, 0.29) is 12.1 Å². The lowest BCUT2D eigenvalue weighted by Gasteiger charge is -2.17. The van der Waals surface area contributed by atoms with Crippen molar-refractivity contribution in [2.75, 3.05) is 11.1 Å². The van der Waals surface area contributed by atoms with E-state index in [1.165, 1.54) is 0 Å². The van der Waals surface area contributed by atoms with Crippen LogP contribution in [0.3, 0.4) is 0 Å². The zero-order valence-corrected chi connectivity index (χ0v) is 12.1. The van der Waals surface area contributed by atoms with E-state index in [1.54, 1.807) is 12.3 Å². The van der Waals surface area contributed by atoms with Gasteiger partial charge in [-0.15, -0.1) is 0 Å². The van der Waals surface area contributed by atoms with Crippen LogP contribution in [0.25, 0.3) is 0 Å². The summed E-state index contributed by atoms with van der Waals surface area (Å²) in [5, 5.41) is 7.49. The number of nitrogens with zero attached hydrogens (tertiary/aromatic N) is 3. The Balaban J connectivity index is 2.01. The molecule has 0 aliphatic heterocycles. The molecule has 6 heteroatoms. The molecule has 6 nitrogen and oxygen atoms in total. The van der Waals surface area contributed by atoms with Crippen molar-refractivity contribution >= 4 is 11.5 Å². The van der Waals surface area contributed by atoms with E-state index >= 15 is 0 Å². The Morgan fingerprint density at radius 3 is 2.80 bits per heavy atom. The van der Waals surface area contributed by atoms with Crippen LogP contribution in [-0.2, 0) is 6.54 Å². The first-order valence-electron chi connectivity index (χ1n) is 6.71. The van der Waals surface area contributed by atoms with E-state index in [9.17, 15) is 0 Å². The molecule has 2 aromatic rings. The fourth-order valence-electron chi connectivity index (χ4n) is 1.84. The Morgan fingerprint density at radius 1 is 1.35 bits per heavy atom. The van der Waals surface area contributed by atoms with Crippen molar-refractivity contribution in [1.29, 1.82) is 0 Å². The van der Waals surface area contributed by atoms with Gasteiger partial charge in [0.15, 0.2) is 0 Å². The molecule has 0 aliphatic rings. The Bertz CT molecular complexity index is 539. The minimum absolute atomic E-state index is 0.0431. The van der Waals surface area contributed by atoms with Gasteiger partial charge in [-0.1, -0.05) is 0 Å². The van der Waals surface area contributed by atoms with Gasteiger partial charge in [-0.05, 0) is 39.0 Å². The summed E-state index contributed by atoms with van der Waals surface area (Å²) in [6.07, 6.45) is 3.74. The van der Waals surface area contributed by atoms with Crippen molar-refractivity contribution in [2.45, 2.75) is 39.5 Å². The maximum absolute atomic E-state index is 5.85. The molecule has 108 valence electrons. The fourth-order valence-corrected chi connectivity index (χ4v) is 1.84. The Kier molecular flexibility index (Phi) is 4.45. The van der Waals surface area contributed by atoms with Crippen LogP contribution in [0.1, 0.15) is 20.8 Å². The number of ether oxygens (including phenoxy) is 1. The summed E-state index contributed by atoms with van der Waals surface area (Å²) >= 11 is 0. The summed E-state index contributed by atoms with van der Waals surface area (Å²) in [4.78, 5) is 4.39. The van der Waals surface area contributed by atoms with Gasteiger partial charge < -0.3 is 15.8 Å².